The Morgan fingerprint density at radius 2 is 1.62 bits per heavy atom. The van der Waals surface area contributed by atoms with Crippen LogP contribution >= 0.6 is 0 Å². The Kier molecular flexibility index (Phi) is 2.73. The molecular formula is C16H12O5. The molecule has 2 N–H and O–H groups in total. The van der Waals surface area contributed by atoms with Gasteiger partial charge in [0.1, 0.15) is 17.2 Å². The van der Waals surface area contributed by atoms with Crippen molar-refractivity contribution < 1.29 is 24.5 Å². The number of hydrogen-bond acceptors (Lipinski definition) is 5. The lowest BCUT2D eigenvalue weighted by molar-refractivity contribution is 0.0973. The van der Waals surface area contributed by atoms with Crippen LogP contribution in [0.25, 0.3) is 0 Å². The van der Waals surface area contributed by atoms with Crippen LogP contribution in [-0.4, -0.2) is 28.9 Å². The molecular weight excluding hydrogens is 272 g/mol. The van der Waals surface area contributed by atoms with Gasteiger partial charge in [-0.05, 0) is 36.8 Å². The van der Waals surface area contributed by atoms with Crippen LogP contribution in [0.4, 0.5) is 0 Å². The van der Waals surface area contributed by atoms with Crippen LogP contribution in [0.15, 0.2) is 24.3 Å². The summed E-state index contributed by atoms with van der Waals surface area (Å²) in [6.45, 7) is 1.55. The topological polar surface area (TPSA) is 83.8 Å². The minimum absolute atomic E-state index is 0.143. The van der Waals surface area contributed by atoms with E-state index in [4.69, 9.17) is 4.74 Å². The van der Waals surface area contributed by atoms with E-state index in [1.54, 1.807) is 13.0 Å². The quantitative estimate of drug-likeness (QED) is 0.669. The average molecular weight is 284 g/mol. The number of ether oxygens (including phenoxy) is 1. The molecule has 0 aliphatic heterocycles. The Morgan fingerprint density at radius 1 is 0.952 bits per heavy atom. The van der Waals surface area contributed by atoms with Crippen LogP contribution in [0.5, 0.6) is 17.2 Å². The van der Waals surface area contributed by atoms with Crippen LogP contribution in [0.1, 0.15) is 37.4 Å². The van der Waals surface area contributed by atoms with E-state index in [0.29, 0.717) is 11.3 Å². The Bertz CT molecular complexity index is 805. The van der Waals surface area contributed by atoms with E-state index in [9.17, 15) is 19.8 Å². The lowest BCUT2D eigenvalue weighted by atomic mass is 9.82. The summed E-state index contributed by atoms with van der Waals surface area (Å²) in [5, 5.41) is 20.1. The highest BCUT2D eigenvalue weighted by Gasteiger charge is 2.35. The van der Waals surface area contributed by atoms with Crippen LogP contribution in [0.3, 0.4) is 0 Å². The fourth-order valence-electron chi connectivity index (χ4n) is 2.55. The van der Waals surface area contributed by atoms with Gasteiger partial charge in [-0.3, -0.25) is 9.59 Å². The first-order chi connectivity index (χ1) is 9.95. The van der Waals surface area contributed by atoms with Gasteiger partial charge in [-0.1, -0.05) is 0 Å². The zero-order valence-corrected chi connectivity index (χ0v) is 11.4. The summed E-state index contributed by atoms with van der Waals surface area (Å²) in [4.78, 5) is 25.0. The van der Waals surface area contributed by atoms with Crippen LogP contribution < -0.4 is 4.74 Å². The third-order valence-corrected chi connectivity index (χ3v) is 3.64. The number of aryl methyl sites for hydroxylation is 1. The zero-order valence-electron chi connectivity index (χ0n) is 11.4. The fraction of sp³-hybridized carbons (Fsp3) is 0.125. The molecule has 0 saturated carbocycles. The summed E-state index contributed by atoms with van der Waals surface area (Å²) in [5.74, 6) is -1.14. The second-order valence-corrected chi connectivity index (χ2v) is 4.88. The maximum Gasteiger partial charge on any atom is 0.198 e. The Morgan fingerprint density at radius 3 is 2.29 bits per heavy atom. The number of methoxy groups -OCH3 is 1. The van der Waals surface area contributed by atoms with E-state index in [0.717, 1.165) is 0 Å². The Labute approximate surface area is 120 Å². The minimum Gasteiger partial charge on any atom is -0.507 e. The highest BCUT2D eigenvalue weighted by atomic mass is 16.5. The highest BCUT2D eigenvalue weighted by molar-refractivity contribution is 6.30. The predicted octanol–water partition coefficient (Wildman–Crippen LogP) is 2.19. The van der Waals surface area contributed by atoms with Gasteiger partial charge in [0.15, 0.2) is 11.6 Å². The van der Waals surface area contributed by atoms with Gasteiger partial charge < -0.3 is 14.9 Å². The molecule has 5 heteroatoms. The lowest BCUT2D eigenvalue weighted by Gasteiger charge is -2.20. The largest absolute Gasteiger partial charge is 0.507 e. The van der Waals surface area contributed by atoms with Gasteiger partial charge in [0, 0.05) is 11.1 Å². The molecule has 0 heterocycles. The number of aromatic hydroxyl groups is 2. The summed E-state index contributed by atoms with van der Waals surface area (Å²) in [6.07, 6.45) is 0. The van der Waals surface area contributed by atoms with Gasteiger partial charge in [-0.25, -0.2) is 0 Å². The molecule has 106 valence electrons. The van der Waals surface area contributed by atoms with Crippen LogP contribution in [0.2, 0.25) is 0 Å². The van der Waals surface area contributed by atoms with Crippen molar-refractivity contribution in [3.05, 3.63) is 52.1 Å². The van der Waals surface area contributed by atoms with E-state index in [1.165, 1.54) is 25.3 Å². The molecule has 0 radical (unpaired) electrons. The average Bonchev–Trinajstić information content (AvgIpc) is 2.47. The molecule has 0 atom stereocenters. The molecule has 0 fully saturated rings. The molecule has 0 aromatic heterocycles. The van der Waals surface area contributed by atoms with Gasteiger partial charge in [0.25, 0.3) is 0 Å². The molecule has 0 unspecified atom stereocenters. The van der Waals surface area contributed by atoms with Crippen molar-refractivity contribution >= 4 is 11.6 Å². The standard InChI is InChI=1S/C16H12O5/c1-7-5-11(17)12-13(14(7)18)15(19)9-4-3-8(21-2)6-10(9)16(12)20/h3-6,17-18H,1-2H3. The van der Waals surface area contributed by atoms with Crippen molar-refractivity contribution in [3.8, 4) is 17.2 Å². The minimum atomic E-state index is -0.508. The smallest absolute Gasteiger partial charge is 0.198 e. The van der Waals surface area contributed by atoms with E-state index in [1.807, 2.05) is 0 Å². The first-order valence-corrected chi connectivity index (χ1v) is 6.28. The SMILES string of the molecule is COc1ccc2c(c1)C(=O)c1c(O)cc(C)c(O)c1C2=O. The molecule has 0 saturated heterocycles. The summed E-state index contributed by atoms with van der Waals surface area (Å²) in [7, 11) is 1.46. The lowest BCUT2D eigenvalue weighted by Crippen LogP contribution is -2.21. The summed E-state index contributed by atoms with van der Waals surface area (Å²) in [6, 6.07) is 5.78. The number of fused-ring (bicyclic) bond motifs is 2. The fourth-order valence-corrected chi connectivity index (χ4v) is 2.55. The summed E-state index contributed by atoms with van der Waals surface area (Å²) < 4.78 is 5.05. The number of rotatable bonds is 1. The van der Waals surface area contributed by atoms with Crippen molar-refractivity contribution in [1.82, 2.24) is 0 Å². The number of benzene rings is 2. The van der Waals surface area contributed by atoms with Crippen molar-refractivity contribution in [2.45, 2.75) is 6.92 Å². The number of phenols is 2. The van der Waals surface area contributed by atoms with Gasteiger partial charge in [0.2, 0.25) is 0 Å². The van der Waals surface area contributed by atoms with Gasteiger partial charge >= 0.3 is 0 Å². The van der Waals surface area contributed by atoms with Crippen LogP contribution in [-0.2, 0) is 0 Å². The van der Waals surface area contributed by atoms with Crippen molar-refractivity contribution in [1.29, 1.82) is 0 Å². The van der Waals surface area contributed by atoms with E-state index in [-0.39, 0.29) is 33.8 Å². The number of ketones is 2. The molecule has 1 aliphatic carbocycles. The third-order valence-electron chi connectivity index (χ3n) is 3.64. The predicted molar refractivity (Wildman–Crippen MR) is 74.4 cm³/mol. The molecule has 0 bridgehead atoms. The second kappa shape index (κ2) is 4.34. The number of hydrogen-bond donors (Lipinski definition) is 2. The molecule has 2 aromatic rings. The molecule has 5 nitrogen and oxygen atoms in total. The molecule has 1 aliphatic rings. The molecule has 2 aromatic carbocycles. The summed E-state index contributed by atoms with van der Waals surface area (Å²) >= 11 is 0. The van der Waals surface area contributed by atoms with Crippen molar-refractivity contribution in [2.75, 3.05) is 7.11 Å². The second-order valence-electron chi connectivity index (χ2n) is 4.88. The summed E-state index contributed by atoms with van der Waals surface area (Å²) in [5.41, 5.74) is 0.377. The molecule has 3 rings (SSSR count). The molecule has 21 heavy (non-hydrogen) atoms. The highest BCUT2D eigenvalue weighted by Crippen LogP contribution is 2.40. The van der Waals surface area contributed by atoms with Crippen molar-refractivity contribution in [3.63, 3.8) is 0 Å². The first kappa shape index (κ1) is 13.2. The Hall–Kier alpha value is -2.82. The van der Waals surface area contributed by atoms with Gasteiger partial charge in [-0.15, -0.1) is 0 Å². The first-order valence-electron chi connectivity index (χ1n) is 6.28. The molecule has 0 spiro atoms. The number of carbonyl (C=O) groups excluding carboxylic acids is 2. The number of carbonyl (C=O) groups is 2. The van der Waals surface area contributed by atoms with E-state index in [2.05, 4.69) is 0 Å². The molecule has 0 amide bonds. The van der Waals surface area contributed by atoms with Crippen molar-refractivity contribution in [2.24, 2.45) is 0 Å². The Balaban J connectivity index is 2.35. The zero-order chi connectivity index (χ0) is 15.3. The maximum absolute atomic E-state index is 12.5. The number of phenolic OH excluding ortho intramolecular Hbond substituents is 2. The maximum atomic E-state index is 12.5. The normalized spacial score (nSPS) is 12.9. The van der Waals surface area contributed by atoms with Gasteiger partial charge in [-0.2, -0.15) is 0 Å². The third kappa shape index (κ3) is 1.71. The van der Waals surface area contributed by atoms with E-state index >= 15 is 0 Å². The monoisotopic (exact) mass is 284 g/mol. The van der Waals surface area contributed by atoms with Crippen LogP contribution in [0, 0.1) is 6.92 Å². The van der Waals surface area contributed by atoms with Gasteiger partial charge in [0.05, 0.1) is 18.2 Å². The van der Waals surface area contributed by atoms with E-state index < -0.39 is 11.6 Å².